The predicted molar refractivity (Wildman–Crippen MR) is 89.4 cm³/mol. The fourth-order valence-corrected chi connectivity index (χ4v) is 5.38. The predicted octanol–water partition coefficient (Wildman–Crippen LogP) is 1.09. The van der Waals surface area contributed by atoms with Gasteiger partial charge >= 0.3 is 0 Å². The summed E-state index contributed by atoms with van der Waals surface area (Å²) in [6.45, 7) is 1.62. The molecule has 0 aliphatic carbocycles. The molecule has 2 saturated heterocycles. The van der Waals surface area contributed by atoms with Gasteiger partial charge in [-0.2, -0.15) is 0 Å². The average Bonchev–Trinajstić information content (AvgIpc) is 3.25. The molecule has 9 heteroatoms. The van der Waals surface area contributed by atoms with Crippen LogP contribution in [0.15, 0.2) is 18.2 Å². The Morgan fingerprint density at radius 2 is 1.96 bits per heavy atom. The van der Waals surface area contributed by atoms with Crippen molar-refractivity contribution < 1.29 is 18.4 Å². The van der Waals surface area contributed by atoms with Crippen LogP contribution in [0, 0.1) is 10.1 Å². The van der Waals surface area contributed by atoms with Gasteiger partial charge in [0, 0.05) is 32.2 Å². The third-order valence-electron chi connectivity index (χ3n) is 4.75. The van der Waals surface area contributed by atoms with Gasteiger partial charge < -0.3 is 10.0 Å². The minimum Gasteiger partial charge on any atom is -0.392 e. The van der Waals surface area contributed by atoms with Crippen LogP contribution < -0.4 is 4.90 Å². The summed E-state index contributed by atoms with van der Waals surface area (Å²) < 4.78 is 26.9. The van der Waals surface area contributed by atoms with Crippen LogP contribution in [0.4, 0.5) is 11.4 Å². The standard InChI is InChI=1S/C15H21N3O5S/c19-11-12-3-4-14(18(20)21)15(9-12)16-8-5-13(10-16)24(22,23)17-6-1-2-7-17/h3-4,9,13,19H,1-2,5-8,10-11H2. The van der Waals surface area contributed by atoms with Crippen molar-refractivity contribution in [1.82, 2.24) is 4.31 Å². The molecule has 1 aromatic rings. The summed E-state index contributed by atoms with van der Waals surface area (Å²) in [5, 5.41) is 20.0. The van der Waals surface area contributed by atoms with E-state index in [1.807, 2.05) is 0 Å². The number of anilines is 1. The van der Waals surface area contributed by atoms with E-state index in [4.69, 9.17) is 0 Å². The highest BCUT2D eigenvalue weighted by Gasteiger charge is 2.39. The number of hydrogen-bond acceptors (Lipinski definition) is 6. The van der Waals surface area contributed by atoms with Gasteiger partial charge in [-0.15, -0.1) is 0 Å². The summed E-state index contributed by atoms with van der Waals surface area (Å²) in [6.07, 6.45) is 2.23. The average molecular weight is 355 g/mol. The van der Waals surface area contributed by atoms with Crippen molar-refractivity contribution in [3.05, 3.63) is 33.9 Å². The second kappa shape index (κ2) is 6.66. The molecule has 1 aromatic carbocycles. The Morgan fingerprint density at radius 1 is 1.25 bits per heavy atom. The van der Waals surface area contributed by atoms with Gasteiger partial charge in [-0.25, -0.2) is 12.7 Å². The van der Waals surface area contributed by atoms with Crippen LogP contribution in [0.5, 0.6) is 0 Å². The van der Waals surface area contributed by atoms with Gasteiger partial charge in [0.25, 0.3) is 5.69 Å². The number of rotatable bonds is 5. The molecule has 2 aliphatic heterocycles. The summed E-state index contributed by atoms with van der Waals surface area (Å²) in [7, 11) is -3.36. The first kappa shape index (κ1) is 17.1. The largest absolute Gasteiger partial charge is 0.392 e. The Kier molecular flexibility index (Phi) is 4.75. The van der Waals surface area contributed by atoms with Crippen LogP contribution in [0.25, 0.3) is 0 Å². The Morgan fingerprint density at radius 3 is 2.58 bits per heavy atom. The summed E-state index contributed by atoms with van der Waals surface area (Å²) in [5.74, 6) is 0. The molecule has 0 aromatic heterocycles. The molecule has 2 fully saturated rings. The van der Waals surface area contributed by atoms with Crippen molar-refractivity contribution in [2.75, 3.05) is 31.1 Å². The lowest BCUT2D eigenvalue weighted by Gasteiger charge is -2.22. The lowest BCUT2D eigenvalue weighted by atomic mass is 10.1. The number of nitro benzene ring substituents is 1. The van der Waals surface area contributed by atoms with E-state index in [2.05, 4.69) is 0 Å². The molecule has 1 unspecified atom stereocenters. The van der Waals surface area contributed by atoms with Crippen molar-refractivity contribution in [1.29, 1.82) is 0 Å². The number of benzene rings is 1. The highest BCUT2D eigenvalue weighted by atomic mass is 32.2. The molecule has 0 saturated carbocycles. The second-order valence-corrected chi connectivity index (χ2v) is 8.46. The summed E-state index contributed by atoms with van der Waals surface area (Å²) in [6, 6.07) is 4.45. The zero-order valence-electron chi connectivity index (χ0n) is 13.3. The lowest BCUT2D eigenvalue weighted by molar-refractivity contribution is -0.384. The molecule has 2 heterocycles. The maximum atomic E-state index is 12.7. The number of sulfonamides is 1. The number of hydrogen-bond donors (Lipinski definition) is 1. The van der Waals surface area contributed by atoms with Gasteiger partial charge in [-0.1, -0.05) is 0 Å². The molecule has 8 nitrogen and oxygen atoms in total. The topological polar surface area (TPSA) is 104 Å². The molecule has 0 bridgehead atoms. The van der Waals surface area contributed by atoms with Crippen LogP contribution in [-0.2, 0) is 16.6 Å². The molecule has 0 amide bonds. The minimum absolute atomic E-state index is 0.0635. The lowest BCUT2D eigenvalue weighted by Crippen LogP contribution is -2.38. The van der Waals surface area contributed by atoms with Gasteiger partial charge in [-0.05, 0) is 37.0 Å². The van der Waals surface area contributed by atoms with E-state index >= 15 is 0 Å². The van der Waals surface area contributed by atoms with E-state index in [9.17, 15) is 23.6 Å². The highest BCUT2D eigenvalue weighted by Crippen LogP contribution is 2.34. The van der Waals surface area contributed by atoms with Crippen LogP contribution in [0.2, 0.25) is 0 Å². The highest BCUT2D eigenvalue weighted by molar-refractivity contribution is 7.89. The van der Waals surface area contributed by atoms with E-state index in [0.29, 0.717) is 37.3 Å². The van der Waals surface area contributed by atoms with Crippen LogP contribution >= 0.6 is 0 Å². The fourth-order valence-electron chi connectivity index (χ4n) is 3.42. The van der Waals surface area contributed by atoms with Crippen molar-refractivity contribution in [3.63, 3.8) is 0 Å². The monoisotopic (exact) mass is 355 g/mol. The maximum absolute atomic E-state index is 12.7. The van der Waals surface area contributed by atoms with Crippen molar-refractivity contribution in [3.8, 4) is 0 Å². The maximum Gasteiger partial charge on any atom is 0.292 e. The zero-order valence-corrected chi connectivity index (χ0v) is 14.1. The first-order chi connectivity index (χ1) is 11.4. The minimum atomic E-state index is -3.36. The Labute approximate surface area is 140 Å². The van der Waals surface area contributed by atoms with Crippen molar-refractivity contribution in [2.24, 2.45) is 0 Å². The molecule has 0 radical (unpaired) electrons. The van der Waals surface area contributed by atoms with Gasteiger partial charge in [0.1, 0.15) is 5.69 Å². The Bertz CT molecular complexity index is 731. The molecule has 0 spiro atoms. The Hall–Kier alpha value is -1.71. The second-order valence-electron chi connectivity index (χ2n) is 6.25. The van der Waals surface area contributed by atoms with E-state index < -0.39 is 20.2 Å². The van der Waals surface area contributed by atoms with E-state index in [0.717, 1.165) is 12.8 Å². The first-order valence-electron chi connectivity index (χ1n) is 8.05. The summed E-state index contributed by atoms with van der Waals surface area (Å²) in [4.78, 5) is 12.5. The molecule has 3 rings (SSSR count). The van der Waals surface area contributed by atoms with Crippen LogP contribution in [0.3, 0.4) is 0 Å². The zero-order chi connectivity index (χ0) is 17.3. The molecule has 1 atom stereocenters. The number of nitrogens with zero attached hydrogens (tertiary/aromatic N) is 3. The van der Waals surface area contributed by atoms with E-state index in [1.54, 1.807) is 15.3 Å². The van der Waals surface area contributed by atoms with Crippen molar-refractivity contribution >= 4 is 21.4 Å². The third-order valence-corrected chi connectivity index (χ3v) is 7.06. The summed E-state index contributed by atoms with van der Waals surface area (Å²) in [5.41, 5.74) is 0.888. The Balaban J connectivity index is 1.84. The SMILES string of the molecule is O=[N+]([O-])c1ccc(CO)cc1N1CCC(S(=O)(=O)N2CCCC2)C1. The van der Waals surface area contributed by atoms with Crippen LogP contribution in [0.1, 0.15) is 24.8 Å². The van der Waals surface area contributed by atoms with Gasteiger partial charge in [0.15, 0.2) is 0 Å². The smallest absolute Gasteiger partial charge is 0.292 e. The van der Waals surface area contributed by atoms with Crippen molar-refractivity contribution in [2.45, 2.75) is 31.1 Å². The van der Waals surface area contributed by atoms with Gasteiger partial charge in [0.05, 0.1) is 16.8 Å². The number of nitro groups is 1. The normalized spacial score (nSPS) is 22.2. The quantitative estimate of drug-likeness (QED) is 0.626. The van der Waals surface area contributed by atoms with E-state index in [-0.39, 0.29) is 18.8 Å². The third kappa shape index (κ3) is 3.11. The molecule has 2 aliphatic rings. The molecular formula is C15H21N3O5S. The first-order valence-corrected chi connectivity index (χ1v) is 9.56. The molecule has 1 N–H and O–H groups in total. The van der Waals surface area contributed by atoms with Gasteiger partial charge in [0.2, 0.25) is 10.0 Å². The van der Waals surface area contributed by atoms with Crippen LogP contribution in [-0.4, -0.2) is 54.2 Å². The molecule has 132 valence electrons. The molecular weight excluding hydrogens is 334 g/mol. The fraction of sp³-hybridized carbons (Fsp3) is 0.600. The molecule has 24 heavy (non-hydrogen) atoms. The number of aliphatic hydroxyl groups is 1. The van der Waals surface area contributed by atoms with Gasteiger partial charge in [-0.3, -0.25) is 10.1 Å². The summed E-state index contributed by atoms with van der Waals surface area (Å²) >= 11 is 0. The van der Waals surface area contributed by atoms with E-state index in [1.165, 1.54) is 12.1 Å². The number of aliphatic hydroxyl groups excluding tert-OH is 1.